The highest BCUT2D eigenvalue weighted by Crippen LogP contribution is 2.40. The van der Waals surface area contributed by atoms with Crippen LogP contribution in [0.3, 0.4) is 0 Å². The summed E-state index contributed by atoms with van der Waals surface area (Å²) in [5.74, 6) is 1.05. The Bertz CT molecular complexity index is 1200. The monoisotopic (exact) mass is 402 g/mol. The molecule has 1 N–H and O–H groups in total. The van der Waals surface area contributed by atoms with Crippen molar-refractivity contribution < 1.29 is 9.52 Å². The van der Waals surface area contributed by atoms with E-state index in [0.717, 1.165) is 41.4 Å². The summed E-state index contributed by atoms with van der Waals surface area (Å²) in [4.78, 5) is 16.1. The molecule has 0 unspecified atom stereocenters. The van der Waals surface area contributed by atoms with Crippen LogP contribution in [-0.4, -0.2) is 33.2 Å². The molecule has 154 valence electrons. The smallest absolute Gasteiger partial charge is 0.229 e. The number of fused-ring (bicyclic) bond motifs is 5. The van der Waals surface area contributed by atoms with Crippen LogP contribution < -0.4 is 4.90 Å². The van der Waals surface area contributed by atoms with Gasteiger partial charge in [0, 0.05) is 13.1 Å². The molecule has 0 aliphatic heterocycles. The standard InChI is InChI=1S/C24H26N4O2/c1-15(2)20-18-10-6-9-17(18)19-21-22(30-24(19)27-20)23(26-14-25-21)28(11-12-29)13-16-7-4-3-5-8-16/h3-5,7-8,14-15,29H,6,9-13H2,1-2H3. The van der Waals surface area contributed by atoms with Gasteiger partial charge >= 0.3 is 0 Å². The summed E-state index contributed by atoms with van der Waals surface area (Å²) in [7, 11) is 0. The molecule has 3 heterocycles. The number of aromatic nitrogens is 3. The van der Waals surface area contributed by atoms with Gasteiger partial charge in [-0.05, 0) is 41.9 Å². The number of aliphatic hydroxyl groups excluding tert-OH is 1. The number of nitrogens with zero attached hydrogens (tertiary/aromatic N) is 4. The first-order valence-electron chi connectivity index (χ1n) is 10.7. The molecular formula is C24H26N4O2. The predicted octanol–water partition coefficient (Wildman–Crippen LogP) is 4.38. The lowest BCUT2D eigenvalue weighted by molar-refractivity contribution is 0.301. The lowest BCUT2D eigenvalue weighted by atomic mass is 9.99. The number of aryl methyl sites for hydroxylation is 1. The molecule has 1 aliphatic rings. The Hall–Kier alpha value is -2.99. The minimum atomic E-state index is 0.0315. The molecule has 0 amide bonds. The van der Waals surface area contributed by atoms with Crippen molar-refractivity contribution in [2.24, 2.45) is 0 Å². The summed E-state index contributed by atoms with van der Waals surface area (Å²) in [6, 6.07) is 10.2. The number of aliphatic hydroxyl groups is 1. The second kappa shape index (κ2) is 7.69. The highest BCUT2D eigenvalue weighted by Gasteiger charge is 2.27. The van der Waals surface area contributed by atoms with Crippen LogP contribution in [-0.2, 0) is 19.4 Å². The van der Waals surface area contributed by atoms with E-state index in [1.54, 1.807) is 6.33 Å². The molecule has 1 aliphatic carbocycles. The second-order valence-electron chi connectivity index (χ2n) is 8.25. The fourth-order valence-corrected chi connectivity index (χ4v) is 4.60. The minimum absolute atomic E-state index is 0.0315. The predicted molar refractivity (Wildman–Crippen MR) is 118 cm³/mol. The largest absolute Gasteiger partial charge is 0.432 e. The van der Waals surface area contributed by atoms with Crippen molar-refractivity contribution >= 4 is 28.0 Å². The van der Waals surface area contributed by atoms with Crippen LogP contribution in [0.4, 0.5) is 5.82 Å². The van der Waals surface area contributed by atoms with Crippen LogP contribution in [0.25, 0.3) is 22.2 Å². The SMILES string of the molecule is CC(C)c1nc2oc3c(N(CCO)Cc4ccccc4)ncnc3c2c2c1CCC2. The van der Waals surface area contributed by atoms with E-state index in [-0.39, 0.29) is 6.61 Å². The number of benzene rings is 1. The molecule has 0 bridgehead atoms. The molecule has 0 radical (unpaired) electrons. The maximum Gasteiger partial charge on any atom is 0.229 e. The van der Waals surface area contributed by atoms with Gasteiger partial charge in [0.2, 0.25) is 5.71 Å². The molecule has 5 rings (SSSR count). The fourth-order valence-electron chi connectivity index (χ4n) is 4.60. The van der Waals surface area contributed by atoms with Crippen LogP contribution in [0.1, 0.15) is 48.6 Å². The number of furan rings is 1. The summed E-state index contributed by atoms with van der Waals surface area (Å²) < 4.78 is 6.31. The van der Waals surface area contributed by atoms with E-state index in [9.17, 15) is 5.11 Å². The molecule has 6 nitrogen and oxygen atoms in total. The van der Waals surface area contributed by atoms with Gasteiger partial charge in [-0.25, -0.2) is 15.0 Å². The van der Waals surface area contributed by atoms with E-state index in [4.69, 9.17) is 9.40 Å². The quantitative estimate of drug-likeness (QED) is 0.516. The first-order chi connectivity index (χ1) is 14.7. The first kappa shape index (κ1) is 19.0. The maximum atomic E-state index is 9.68. The van der Waals surface area contributed by atoms with Gasteiger partial charge in [0.05, 0.1) is 17.7 Å². The van der Waals surface area contributed by atoms with Crippen molar-refractivity contribution in [1.29, 1.82) is 0 Å². The molecule has 0 spiro atoms. The van der Waals surface area contributed by atoms with Crippen molar-refractivity contribution in [1.82, 2.24) is 15.0 Å². The number of rotatable bonds is 6. The number of hydrogen-bond acceptors (Lipinski definition) is 6. The molecule has 0 atom stereocenters. The summed E-state index contributed by atoms with van der Waals surface area (Å²) in [5, 5.41) is 10.7. The third-order valence-electron chi connectivity index (χ3n) is 5.92. The summed E-state index contributed by atoms with van der Waals surface area (Å²) in [6.45, 7) is 5.49. The number of anilines is 1. The molecule has 3 aromatic heterocycles. The van der Waals surface area contributed by atoms with E-state index in [1.807, 2.05) is 23.1 Å². The molecule has 4 aromatic rings. The van der Waals surface area contributed by atoms with E-state index in [1.165, 1.54) is 11.1 Å². The van der Waals surface area contributed by atoms with Crippen molar-refractivity contribution in [2.45, 2.75) is 45.6 Å². The van der Waals surface area contributed by atoms with Crippen LogP contribution in [0, 0.1) is 0 Å². The Balaban J connectivity index is 1.70. The van der Waals surface area contributed by atoms with E-state index >= 15 is 0 Å². The lowest BCUT2D eigenvalue weighted by Crippen LogP contribution is -2.27. The van der Waals surface area contributed by atoms with Gasteiger partial charge in [-0.15, -0.1) is 0 Å². The van der Waals surface area contributed by atoms with Crippen LogP contribution >= 0.6 is 0 Å². The van der Waals surface area contributed by atoms with Gasteiger partial charge in [-0.1, -0.05) is 44.2 Å². The lowest BCUT2D eigenvalue weighted by Gasteiger charge is -2.22. The maximum absolute atomic E-state index is 9.68. The van der Waals surface area contributed by atoms with Gasteiger partial charge in [-0.2, -0.15) is 0 Å². The molecule has 0 fully saturated rings. The zero-order valence-electron chi connectivity index (χ0n) is 17.4. The summed E-state index contributed by atoms with van der Waals surface area (Å²) in [6.07, 6.45) is 4.85. The van der Waals surface area contributed by atoms with Crippen LogP contribution in [0.5, 0.6) is 0 Å². The summed E-state index contributed by atoms with van der Waals surface area (Å²) in [5.41, 5.74) is 7.13. The van der Waals surface area contributed by atoms with E-state index in [0.29, 0.717) is 36.1 Å². The third kappa shape index (κ3) is 3.12. The van der Waals surface area contributed by atoms with Crippen molar-refractivity contribution in [2.75, 3.05) is 18.1 Å². The normalized spacial score (nSPS) is 13.5. The molecule has 1 aromatic carbocycles. The van der Waals surface area contributed by atoms with Crippen molar-refractivity contribution in [3.63, 3.8) is 0 Å². The third-order valence-corrected chi connectivity index (χ3v) is 5.92. The average molecular weight is 402 g/mol. The molecule has 6 heteroatoms. The second-order valence-corrected chi connectivity index (χ2v) is 8.25. The Kier molecular flexibility index (Phi) is 4.87. The Morgan fingerprint density at radius 2 is 1.90 bits per heavy atom. The van der Waals surface area contributed by atoms with Gasteiger partial charge in [0.1, 0.15) is 11.8 Å². The van der Waals surface area contributed by atoms with Crippen LogP contribution in [0.2, 0.25) is 0 Å². The molecule has 30 heavy (non-hydrogen) atoms. The Labute approximate surface area is 175 Å². The van der Waals surface area contributed by atoms with Gasteiger partial charge in [0.25, 0.3) is 0 Å². The van der Waals surface area contributed by atoms with E-state index in [2.05, 4.69) is 35.9 Å². The number of pyridine rings is 1. The van der Waals surface area contributed by atoms with Crippen LogP contribution in [0.15, 0.2) is 41.1 Å². The van der Waals surface area contributed by atoms with Gasteiger partial charge in [-0.3, -0.25) is 0 Å². The van der Waals surface area contributed by atoms with Gasteiger partial charge < -0.3 is 14.4 Å². The van der Waals surface area contributed by atoms with Crippen molar-refractivity contribution in [3.05, 3.63) is 59.0 Å². The summed E-state index contributed by atoms with van der Waals surface area (Å²) >= 11 is 0. The zero-order chi connectivity index (χ0) is 20.7. The zero-order valence-corrected chi connectivity index (χ0v) is 17.4. The molecule has 0 saturated carbocycles. The Morgan fingerprint density at radius 3 is 2.67 bits per heavy atom. The van der Waals surface area contributed by atoms with E-state index < -0.39 is 0 Å². The molecular weight excluding hydrogens is 376 g/mol. The first-order valence-corrected chi connectivity index (χ1v) is 10.7. The average Bonchev–Trinajstić information content (AvgIpc) is 3.37. The number of hydrogen-bond donors (Lipinski definition) is 1. The highest BCUT2D eigenvalue weighted by atomic mass is 16.3. The Morgan fingerprint density at radius 1 is 1.10 bits per heavy atom. The van der Waals surface area contributed by atoms with Crippen molar-refractivity contribution in [3.8, 4) is 0 Å². The van der Waals surface area contributed by atoms with Gasteiger partial charge in [0.15, 0.2) is 11.4 Å². The fraction of sp³-hybridized carbons (Fsp3) is 0.375. The molecule has 0 saturated heterocycles. The topological polar surface area (TPSA) is 75.3 Å². The minimum Gasteiger partial charge on any atom is -0.432 e. The highest BCUT2D eigenvalue weighted by molar-refractivity contribution is 6.06.